The van der Waals surface area contributed by atoms with Crippen molar-refractivity contribution in [3.63, 3.8) is 0 Å². The van der Waals surface area contributed by atoms with Gasteiger partial charge in [0.15, 0.2) is 5.13 Å². The zero-order valence-corrected chi connectivity index (χ0v) is 14.9. The van der Waals surface area contributed by atoms with E-state index in [0.717, 1.165) is 21.3 Å². The Hall–Kier alpha value is -2.73. The number of anilines is 1. The average Bonchev–Trinajstić information content (AvgIpc) is 2.98. The molecule has 128 valence electrons. The molecule has 0 spiro atoms. The van der Waals surface area contributed by atoms with E-state index < -0.39 is 0 Å². The van der Waals surface area contributed by atoms with Gasteiger partial charge in [0.1, 0.15) is 0 Å². The number of aryl methyl sites for hydroxylation is 2. The molecule has 0 fully saturated rings. The summed E-state index contributed by atoms with van der Waals surface area (Å²) >= 11 is 1.45. The number of rotatable bonds is 5. The van der Waals surface area contributed by atoms with Crippen molar-refractivity contribution >= 4 is 38.5 Å². The van der Waals surface area contributed by atoms with Gasteiger partial charge >= 0.3 is 0 Å². The second kappa shape index (κ2) is 7.44. The molecule has 0 unspecified atom stereocenters. The lowest BCUT2D eigenvalue weighted by atomic mass is 10.1. The maximum atomic E-state index is 12.1. The Labute approximate surface area is 150 Å². The van der Waals surface area contributed by atoms with Gasteiger partial charge < -0.3 is 10.6 Å². The van der Waals surface area contributed by atoms with Crippen LogP contribution in [0, 0.1) is 13.8 Å². The molecule has 5 nitrogen and oxygen atoms in total. The van der Waals surface area contributed by atoms with Crippen molar-refractivity contribution in [1.29, 1.82) is 0 Å². The number of fused-ring (bicyclic) bond motifs is 1. The van der Waals surface area contributed by atoms with Crippen LogP contribution < -0.4 is 10.6 Å². The standard InChI is InChI=1S/C19H19N3O2S/c1-12-5-3-7-14(11-12)18(24)20-10-9-16(23)21-19-22-17-13(2)6-4-8-15(17)25-19/h3-8,11H,9-10H2,1-2H3,(H,20,24)(H,21,22,23). The number of nitrogens with zero attached hydrogens (tertiary/aromatic N) is 1. The van der Waals surface area contributed by atoms with Gasteiger partial charge in [-0.2, -0.15) is 0 Å². The molecular formula is C19H19N3O2S. The summed E-state index contributed by atoms with van der Waals surface area (Å²) in [6.45, 7) is 4.21. The summed E-state index contributed by atoms with van der Waals surface area (Å²) in [5, 5.41) is 6.14. The van der Waals surface area contributed by atoms with Gasteiger partial charge in [-0.15, -0.1) is 0 Å². The molecule has 25 heavy (non-hydrogen) atoms. The van der Waals surface area contributed by atoms with E-state index >= 15 is 0 Å². The summed E-state index contributed by atoms with van der Waals surface area (Å²) in [7, 11) is 0. The zero-order valence-electron chi connectivity index (χ0n) is 14.1. The van der Waals surface area contributed by atoms with E-state index in [1.165, 1.54) is 11.3 Å². The number of hydrogen-bond donors (Lipinski definition) is 2. The van der Waals surface area contributed by atoms with Crippen molar-refractivity contribution in [2.75, 3.05) is 11.9 Å². The van der Waals surface area contributed by atoms with Gasteiger partial charge in [0.05, 0.1) is 10.2 Å². The minimum atomic E-state index is -0.174. The van der Waals surface area contributed by atoms with Gasteiger partial charge in [-0.3, -0.25) is 9.59 Å². The van der Waals surface area contributed by atoms with Crippen LogP contribution in [0.3, 0.4) is 0 Å². The largest absolute Gasteiger partial charge is 0.352 e. The molecule has 6 heteroatoms. The van der Waals surface area contributed by atoms with Crippen molar-refractivity contribution in [3.8, 4) is 0 Å². The Kier molecular flexibility index (Phi) is 5.09. The molecule has 2 amide bonds. The molecule has 2 aromatic carbocycles. The lowest BCUT2D eigenvalue weighted by Gasteiger charge is -2.05. The lowest BCUT2D eigenvalue weighted by Crippen LogP contribution is -2.27. The normalized spacial score (nSPS) is 10.6. The Morgan fingerprint density at radius 3 is 2.68 bits per heavy atom. The summed E-state index contributed by atoms with van der Waals surface area (Å²) in [5.74, 6) is -0.339. The summed E-state index contributed by atoms with van der Waals surface area (Å²) in [4.78, 5) is 28.5. The fourth-order valence-corrected chi connectivity index (χ4v) is 3.46. The fraction of sp³-hybridized carbons (Fsp3) is 0.211. The Balaban J connectivity index is 1.52. The third-order valence-electron chi connectivity index (χ3n) is 3.78. The lowest BCUT2D eigenvalue weighted by molar-refractivity contribution is -0.116. The van der Waals surface area contributed by atoms with E-state index in [1.807, 2.05) is 50.2 Å². The molecule has 0 aliphatic carbocycles. The quantitative estimate of drug-likeness (QED) is 0.735. The summed E-state index contributed by atoms with van der Waals surface area (Å²) in [5.41, 5.74) is 3.62. The van der Waals surface area contributed by atoms with Crippen LogP contribution in [0.1, 0.15) is 27.9 Å². The molecule has 1 aromatic heterocycles. The van der Waals surface area contributed by atoms with Crippen molar-refractivity contribution in [1.82, 2.24) is 10.3 Å². The number of nitrogens with one attached hydrogen (secondary N) is 2. The Morgan fingerprint density at radius 2 is 1.92 bits per heavy atom. The van der Waals surface area contributed by atoms with E-state index in [9.17, 15) is 9.59 Å². The van der Waals surface area contributed by atoms with E-state index in [-0.39, 0.29) is 24.8 Å². The minimum absolute atomic E-state index is 0.166. The third kappa shape index (κ3) is 4.22. The second-order valence-corrected chi connectivity index (χ2v) is 6.89. The van der Waals surface area contributed by atoms with E-state index in [2.05, 4.69) is 15.6 Å². The highest BCUT2D eigenvalue weighted by atomic mass is 32.1. The third-order valence-corrected chi connectivity index (χ3v) is 4.72. The molecule has 0 saturated heterocycles. The first-order valence-electron chi connectivity index (χ1n) is 8.04. The fourth-order valence-electron chi connectivity index (χ4n) is 2.50. The predicted octanol–water partition coefficient (Wildman–Crippen LogP) is 3.67. The molecule has 0 saturated carbocycles. The van der Waals surface area contributed by atoms with Gasteiger partial charge in [0, 0.05) is 18.5 Å². The number of carbonyl (C=O) groups excluding carboxylic acids is 2. The van der Waals surface area contributed by atoms with Crippen molar-refractivity contribution < 1.29 is 9.59 Å². The van der Waals surface area contributed by atoms with Crippen molar-refractivity contribution in [2.45, 2.75) is 20.3 Å². The summed E-state index contributed by atoms with van der Waals surface area (Å²) in [6.07, 6.45) is 0.201. The molecule has 2 N–H and O–H groups in total. The second-order valence-electron chi connectivity index (χ2n) is 5.86. The molecule has 0 atom stereocenters. The minimum Gasteiger partial charge on any atom is -0.352 e. The molecule has 0 aliphatic rings. The van der Waals surface area contributed by atoms with Crippen LogP contribution in [0.5, 0.6) is 0 Å². The highest BCUT2D eigenvalue weighted by Crippen LogP contribution is 2.27. The SMILES string of the molecule is Cc1cccc(C(=O)NCCC(=O)Nc2nc3c(C)cccc3s2)c1. The predicted molar refractivity (Wildman–Crippen MR) is 101 cm³/mol. The number of para-hydroxylation sites is 1. The Morgan fingerprint density at radius 1 is 1.12 bits per heavy atom. The summed E-state index contributed by atoms with van der Waals surface area (Å²) < 4.78 is 1.04. The van der Waals surface area contributed by atoms with Gasteiger partial charge in [-0.1, -0.05) is 41.2 Å². The van der Waals surface area contributed by atoms with Crippen LogP contribution in [0.4, 0.5) is 5.13 Å². The first-order chi connectivity index (χ1) is 12.0. The van der Waals surface area contributed by atoms with Gasteiger partial charge in [-0.25, -0.2) is 4.98 Å². The molecule has 3 aromatic rings. The number of carbonyl (C=O) groups is 2. The highest BCUT2D eigenvalue weighted by molar-refractivity contribution is 7.22. The summed E-state index contributed by atoms with van der Waals surface area (Å²) in [6, 6.07) is 13.3. The maximum absolute atomic E-state index is 12.1. The average molecular weight is 353 g/mol. The first kappa shape index (κ1) is 17.1. The van der Waals surface area contributed by atoms with Gasteiger partial charge in [0.25, 0.3) is 5.91 Å². The molecule has 0 radical (unpaired) electrons. The van der Waals surface area contributed by atoms with Crippen LogP contribution >= 0.6 is 11.3 Å². The van der Waals surface area contributed by atoms with Crippen LogP contribution in [-0.2, 0) is 4.79 Å². The van der Waals surface area contributed by atoms with Gasteiger partial charge in [-0.05, 0) is 37.6 Å². The molecular weight excluding hydrogens is 334 g/mol. The molecule has 0 bridgehead atoms. The van der Waals surface area contributed by atoms with E-state index in [4.69, 9.17) is 0 Å². The number of aromatic nitrogens is 1. The molecule has 0 aliphatic heterocycles. The smallest absolute Gasteiger partial charge is 0.251 e. The topological polar surface area (TPSA) is 71.1 Å². The van der Waals surface area contributed by atoms with Crippen LogP contribution in [0.2, 0.25) is 0 Å². The zero-order chi connectivity index (χ0) is 17.8. The van der Waals surface area contributed by atoms with Crippen LogP contribution in [-0.4, -0.2) is 23.3 Å². The highest BCUT2D eigenvalue weighted by Gasteiger charge is 2.10. The first-order valence-corrected chi connectivity index (χ1v) is 8.85. The van der Waals surface area contributed by atoms with Crippen LogP contribution in [0.25, 0.3) is 10.2 Å². The van der Waals surface area contributed by atoms with Crippen molar-refractivity contribution in [2.24, 2.45) is 0 Å². The van der Waals surface area contributed by atoms with Crippen molar-refractivity contribution in [3.05, 3.63) is 59.2 Å². The monoisotopic (exact) mass is 353 g/mol. The molecule has 3 rings (SSSR count). The van der Waals surface area contributed by atoms with E-state index in [0.29, 0.717) is 10.7 Å². The number of benzene rings is 2. The Bertz CT molecular complexity index is 933. The number of amides is 2. The number of thiazole rings is 1. The van der Waals surface area contributed by atoms with Gasteiger partial charge in [0.2, 0.25) is 5.91 Å². The number of hydrogen-bond acceptors (Lipinski definition) is 4. The molecule has 1 heterocycles. The van der Waals surface area contributed by atoms with E-state index in [1.54, 1.807) is 6.07 Å². The van der Waals surface area contributed by atoms with Crippen LogP contribution in [0.15, 0.2) is 42.5 Å². The maximum Gasteiger partial charge on any atom is 0.251 e.